The molecule has 0 radical (unpaired) electrons. The minimum atomic E-state index is 0.151. The van der Waals surface area contributed by atoms with Crippen molar-refractivity contribution in [2.45, 2.75) is 13.5 Å². The number of thiazole rings is 1. The van der Waals surface area contributed by atoms with Crippen molar-refractivity contribution < 1.29 is 4.79 Å². The SMILES string of the molecule is Cc1ncsc1CNc1ncnc(Cl)c1C=O. The fraction of sp³-hybridized carbons (Fsp3) is 0.200. The minimum absolute atomic E-state index is 0.151. The molecule has 2 aromatic heterocycles. The third-order valence-corrected chi connectivity index (χ3v) is 3.45. The second kappa shape index (κ2) is 5.20. The highest BCUT2D eigenvalue weighted by atomic mass is 35.5. The molecule has 0 bridgehead atoms. The Bertz CT molecular complexity index is 543. The molecule has 0 saturated heterocycles. The molecule has 0 aromatic carbocycles. The molecule has 0 atom stereocenters. The lowest BCUT2D eigenvalue weighted by molar-refractivity contribution is 0.112. The van der Waals surface area contributed by atoms with Crippen LogP contribution < -0.4 is 5.32 Å². The van der Waals surface area contributed by atoms with Crippen LogP contribution in [0.15, 0.2) is 11.8 Å². The zero-order chi connectivity index (χ0) is 12.3. The number of aryl methyl sites for hydroxylation is 1. The number of nitrogens with one attached hydrogen (secondary N) is 1. The van der Waals surface area contributed by atoms with Crippen molar-refractivity contribution in [3.63, 3.8) is 0 Å². The molecule has 0 aliphatic carbocycles. The first-order valence-corrected chi connectivity index (χ1v) is 6.06. The monoisotopic (exact) mass is 268 g/mol. The van der Waals surface area contributed by atoms with Crippen LogP contribution in [0.2, 0.25) is 5.15 Å². The maximum atomic E-state index is 10.9. The predicted molar refractivity (Wildman–Crippen MR) is 66.6 cm³/mol. The smallest absolute Gasteiger partial charge is 0.156 e. The number of aromatic nitrogens is 3. The molecule has 17 heavy (non-hydrogen) atoms. The lowest BCUT2D eigenvalue weighted by Crippen LogP contribution is -2.05. The molecule has 0 amide bonds. The van der Waals surface area contributed by atoms with Gasteiger partial charge in [0, 0.05) is 4.88 Å². The van der Waals surface area contributed by atoms with Crippen LogP contribution in [0, 0.1) is 6.92 Å². The Morgan fingerprint density at radius 2 is 2.29 bits per heavy atom. The van der Waals surface area contributed by atoms with Gasteiger partial charge in [-0.05, 0) is 6.92 Å². The van der Waals surface area contributed by atoms with Gasteiger partial charge in [-0.15, -0.1) is 11.3 Å². The highest BCUT2D eigenvalue weighted by Gasteiger charge is 2.09. The molecule has 0 unspecified atom stereocenters. The summed E-state index contributed by atoms with van der Waals surface area (Å²) in [5, 5.41) is 3.20. The molecule has 1 N–H and O–H groups in total. The summed E-state index contributed by atoms with van der Waals surface area (Å²) in [5.41, 5.74) is 3.02. The lowest BCUT2D eigenvalue weighted by Gasteiger charge is -2.07. The van der Waals surface area contributed by atoms with Crippen LogP contribution in [0.5, 0.6) is 0 Å². The third kappa shape index (κ3) is 2.59. The maximum Gasteiger partial charge on any atom is 0.156 e. The van der Waals surface area contributed by atoms with E-state index in [4.69, 9.17) is 11.6 Å². The van der Waals surface area contributed by atoms with E-state index in [-0.39, 0.29) is 10.7 Å². The number of nitrogens with zero attached hydrogens (tertiary/aromatic N) is 3. The van der Waals surface area contributed by atoms with Crippen molar-refractivity contribution in [2.24, 2.45) is 0 Å². The highest BCUT2D eigenvalue weighted by molar-refractivity contribution is 7.09. The van der Waals surface area contributed by atoms with Gasteiger partial charge < -0.3 is 5.32 Å². The van der Waals surface area contributed by atoms with Gasteiger partial charge in [0.05, 0.1) is 23.3 Å². The van der Waals surface area contributed by atoms with E-state index in [0.29, 0.717) is 18.6 Å². The molecule has 0 spiro atoms. The van der Waals surface area contributed by atoms with Gasteiger partial charge in [-0.3, -0.25) is 4.79 Å². The fourth-order valence-corrected chi connectivity index (χ4v) is 2.17. The van der Waals surface area contributed by atoms with Crippen LogP contribution in [0.4, 0.5) is 5.82 Å². The number of hydrogen-bond donors (Lipinski definition) is 1. The van der Waals surface area contributed by atoms with E-state index in [9.17, 15) is 4.79 Å². The van der Waals surface area contributed by atoms with Gasteiger partial charge >= 0.3 is 0 Å². The van der Waals surface area contributed by atoms with E-state index in [2.05, 4.69) is 20.3 Å². The molecule has 0 saturated carbocycles. The summed E-state index contributed by atoms with van der Waals surface area (Å²) >= 11 is 7.34. The molecule has 0 aliphatic heterocycles. The zero-order valence-corrected chi connectivity index (χ0v) is 10.5. The number of carbonyl (C=O) groups is 1. The Morgan fingerprint density at radius 1 is 1.47 bits per heavy atom. The molecule has 2 rings (SSSR count). The van der Waals surface area contributed by atoms with Gasteiger partial charge in [0.15, 0.2) is 6.29 Å². The van der Waals surface area contributed by atoms with Crippen LogP contribution in [0.1, 0.15) is 20.9 Å². The molecule has 2 heterocycles. The Hall–Kier alpha value is -1.53. The first-order chi connectivity index (χ1) is 8.22. The van der Waals surface area contributed by atoms with Gasteiger partial charge in [-0.1, -0.05) is 11.6 Å². The van der Waals surface area contributed by atoms with Gasteiger partial charge in [0.25, 0.3) is 0 Å². The molecule has 0 aliphatic rings. The van der Waals surface area contributed by atoms with Crippen molar-refractivity contribution >= 4 is 35.0 Å². The normalized spacial score (nSPS) is 10.2. The first-order valence-electron chi connectivity index (χ1n) is 4.81. The average Bonchev–Trinajstić information content (AvgIpc) is 2.72. The summed E-state index contributed by atoms with van der Waals surface area (Å²) in [7, 11) is 0. The number of aldehydes is 1. The minimum Gasteiger partial charge on any atom is -0.364 e. The fourth-order valence-electron chi connectivity index (χ4n) is 1.28. The van der Waals surface area contributed by atoms with Crippen molar-refractivity contribution in [1.82, 2.24) is 15.0 Å². The van der Waals surface area contributed by atoms with Gasteiger partial charge in [-0.25, -0.2) is 15.0 Å². The van der Waals surface area contributed by atoms with Crippen molar-refractivity contribution in [2.75, 3.05) is 5.32 Å². The van der Waals surface area contributed by atoms with Gasteiger partial charge in [0.1, 0.15) is 17.3 Å². The summed E-state index contributed by atoms with van der Waals surface area (Å²) in [5.74, 6) is 0.438. The van der Waals surface area contributed by atoms with E-state index >= 15 is 0 Å². The molecule has 5 nitrogen and oxygen atoms in total. The average molecular weight is 269 g/mol. The highest BCUT2D eigenvalue weighted by Crippen LogP contribution is 2.19. The number of carbonyl (C=O) groups excluding carboxylic acids is 1. The Kier molecular flexibility index (Phi) is 3.65. The summed E-state index contributed by atoms with van der Waals surface area (Å²) in [6.45, 7) is 2.49. The Labute approximate surface area is 107 Å². The molecule has 7 heteroatoms. The summed E-state index contributed by atoms with van der Waals surface area (Å²) < 4.78 is 0. The Morgan fingerprint density at radius 3 is 2.94 bits per heavy atom. The number of rotatable bonds is 4. The standard InChI is InChI=1S/C10H9ClN4OS/c1-6-8(17-5-15-6)2-12-10-7(3-16)9(11)13-4-14-10/h3-5H,2H2,1H3,(H,12,13,14). The quantitative estimate of drug-likeness (QED) is 0.681. The van der Waals surface area contributed by atoms with E-state index in [1.165, 1.54) is 6.33 Å². The number of halogens is 1. The lowest BCUT2D eigenvalue weighted by atomic mass is 10.3. The van der Waals surface area contributed by atoms with E-state index < -0.39 is 0 Å². The van der Waals surface area contributed by atoms with Gasteiger partial charge in [-0.2, -0.15) is 0 Å². The van der Waals surface area contributed by atoms with Crippen molar-refractivity contribution in [3.05, 3.63) is 33.1 Å². The maximum absolute atomic E-state index is 10.9. The van der Waals surface area contributed by atoms with Crippen molar-refractivity contribution in [3.8, 4) is 0 Å². The van der Waals surface area contributed by atoms with E-state index in [1.54, 1.807) is 16.8 Å². The largest absolute Gasteiger partial charge is 0.364 e. The molecule has 88 valence electrons. The van der Waals surface area contributed by atoms with Crippen molar-refractivity contribution in [1.29, 1.82) is 0 Å². The van der Waals surface area contributed by atoms with Crippen LogP contribution in [0.25, 0.3) is 0 Å². The summed E-state index contributed by atoms with van der Waals surface area (Å²) in [6.07, 6.45) is 1.96. The molecular formula is C10H9ClN4OS. The van der Waals surface area contributed by atoms with Crippen LogP contribution in [-0.4, -0.2) is 21.2 Å². The van der Waals surface area contributed by atoms with E-state index in [1.807, 2.05) is 6.92 Å². The summed E-state index contributed by atoms with van der Waals surface area (Å²) in [6, 6.07) is 0. The first kappa shape index (κ1) is 11.9. The molecule has 2 aromatic rings. The van der Waals surface area contributed by atoms with Gasteiger partial charge in [0.2, 0.25) is 0 Å². The van der Waals surface area contributed by atoms with Crippen LogP contribution in [-0.2, 0) is 6.54 Å². The second-order valence-electron chi connectivity index (χ2n) is 3.26. The second-order valence-corrected chi connectivity index (χ2v) is 4.56. The molecule has 0 fully saturated rings. The molecular weight excluding hydrogens is 260 g/mol. The topological polar surface area (TPSA) is 67.8 Å². The van der Waals surface area contributed by atoms with E-state index in [0.717, 1.165) is 10.6 Å². The van der Waals surface area contributed by atoms with Crippen LogP contribution >= 0.6 is 22.9 Å². The third-order valence-electron chi connectivity index (χ3n) is 2.21. The van der Waals surface area contributed by atoms with Crippen LogP contribution in [0.3, 0.4) is 0 Å². The zero-order valence-electron chi connectivity index (χ0n) is 8.98. The Balaban J connectivity index is 2.17. The predicted octanol–water partition coefficient (Wildman–Crippen LogP) is 2.32. The summed E-state index contributed by atoms with van der Waals surface area (Å²) in [4.78, 5) is 23.8. The number of anilines is 1. The number of hydrogen-bond acceptors (Lipinski definition) is 6.